The number of halogens is 3. The highest BCUT2D eigenvalue weighted by atomic mass is 32.1. The van der Waals surface area contributed by atoms with Crippen molar-refractivity contribution in [1.82, 2.24) is 24.6 Å². The molecule has 0 spiro atoms. The molecule has 2 unspecified atom stereocenters. The molecule has 250 valence electrons. The van der Waals surface area contributed by atoms with Crippen LogP contribution in [0.15, 0.2) is 83.4 Å². The van der Waals surface area contributed by atoms with Gasteiger partial charge >= 0.3 is 12.4 Å². The van der Waals surface area contributed by atoms with E-state index in [-0.39, 0.29) is 29.7 Å². The van der Waals surface area contributed by atoms with E-state index < -0.39 is 6.36 Å². The maximum absolute atomic E-state index is 13.1. The van der Waals surface area contributed by atoms with E-state index in [1.54, 1.807) is 7.11 Å². The molecule has 1 aliphatic rings. The molecule has 2 heterocycles. The third kappa shape index (κ3) is 7.46. The first-order valence-electron chi connectivity index (χ1n) is 15.6. The summed E-state index contributed by atoms with van der Waals surface area (Å²) in [7, 11) is 1.65. The van der Waals surface area contributed by atoms with Crippen LogP contribution in [0.5, 0.6) is 11.5 Å². The number of aromatic nitrogens is 4. The fourth-order valence-electron chi connectivity index (χ4n) is 6.02. The molecule has 2 atom stereocenters. The van der Waals surface area contributed by atoms with Crippen LogP contribution in [0.3, 0.4) is 0 Å². The molecule has 0 aliphatic heterocycles. The summed E-state index contributed by atoms with van der Waals surface area (Å²) in [6.45, 7) is 6.27. The first-order valence-corrected chi connectivity index (χ1v) is 16.4. The zero-order valence-corrected chi connectivity index (χ0v) is 27.7. The first-order chi connectivity index (χ1) is 23.0. The molecule has 0 bridgehead atoms. The van der Waals surface area contributed by atoms with E-state index in [1.807, 2.05) is 47.2 Å². The lowest BCUT2D eigenvalue weighted by Crippen LogP contribution is -2.32. The van der Waals surface area contributed by atoms with Gasteiger partial charge in [-0.3, -0.25) is 4.57 Å². The van der Waals surface area contributed by atoms with Crippen LogP contribution in [0, 0.1) is 6.92 Å². The lowest BCUT2D eigenvalue weighted by atomic mass is 9.96. The van der Waals surface area contributed by atoms with Crippen molar-refractivity contribution in [2.45, 2.75) is 64.3 Å². The molecule has 2 amide bonds. The maximum Gasteiger partial charge on any atom is 0.573 e. The van der Waals surface area contributed by atoms with Gasteiger partial charge in [0.2, 0.25) is 0 Å². The molecule has 9 nitrogen and oxygen atoms in total. The van der Waals surface area contributed by atoms with Crippen LogP contribution in [0.1, 0.15) is 61.8 Å². The summed E-state index contributed by atoms with van der Waals surface area (Å²) in [5.41, 5.74) is 5.62. The van der Waals surface area contributed by atoms with Crippen molar-refractivity contribution in [1.29, 1.82) is 0 Å². The van der Waals surface area contributed by atoms with Crippen molar-refractivity contribution in [3.8, 4) is 34.3 Å². The molecule has 48 heavy (non-hydrogen) atoms. The number of ether oxygens (including phenoxy) is 2. The highest BCUT2D eigenvalue weighted by Crippen LogP contribution is 2.35. The molecule has 0 saturated heterocycles. The van der Waals surface area contributed by atoms with E-state index in [0.29, 0.717) is 16.3 Å². The van der Waals surface area contributed by atoms with Gasteiger partial charge in [-0.05, 0) is 91.6 Å². The minimum atomic E-state index is -4.75. The van der Waals surface area contributed by atoms with Gasteiger partial charge in [-0.25, -0.2) is 14.5 Å². The molecule has 5 aromatic rings. The monoisotopic (exact) mass is 676 g/mol. The second-order valence-corrected chi connectivity index (χ2v) is 12.9. The number of carbonyl (C=O) groups excluding carboxylic acids is 1. The van der Waals surface area contributed by atoms with Crippen LogP contribution >= 0.6 is 11.3 Å². The Balaban J connectivity index is 1.09. The maximum atomic E-state index is 13.1. The van der Waals surface area contributed by atoms with Crippen LogP contribution in [0.25, 0.3) is 22.8 Å². The van der Waals surface area contributed by atoms with Gasteiger partial charge < -0.3 is 14.8 Å². The highest BCUT2D eigenvalue weighted by Gasteiger charge is 2.31. The van der Waals surface area contributed by atoms with Crippen molar-refractivity contribution < 1.29 is 27.4 Å². The van der Waals surface area contributed by atoms with Crippen molar-refractivity contribution >= 4 is 17.4 Å². The van der Waals surface area contributed by atoms with Gasteiger partial charge in [0, 0.05) is 22.7 Å². The molecule has 3 aromatic carbocycles. The van der Waals surface area contributed by atoms with Crippen LogP contribution in [-0.2, 0) is 0 Å². The van der Waals surface area contributed by atoms with Crippen molar-refractivity contribution in [2.75, 3.05) is 7.11 Å². The minimum Gasteiger partial charge on any atom is -0.497 e. The van der Waals surface area contributed by atoms with Gasteiger partial charge in [0.15, 0.2) is 10.6 Å². The third-order valence-electron chi connectivity index (χ3n) is 8.40. The van der Waals surface area contributed by atoms with E-state index in [0.717, 1.165) is 47.5 Å². The van der Waals surface area contributed by atoms with E-state index in [2.05, 4.69) is 51.1 Å². The van der Waals surface area contributed by atoms with Gasteiger partial charge in [0.25, 0.3) is 0 Å². The number of methoxy groups -OCH3 is 1. The SMILES string of the molecule is COc1ccc(-n2c(C)cs/c2=N\C(=O)NC2CCC(c3ccc(-c4ncn(-c5ccc(OC(F)(F)F)cc5)n4)cc3)C2)c(C(C)C)c1. The van der Waals surface area contributed by atoms with Gasteiger partial charge in [-0.15, -0.1) is 29.6 Å². The Hall–Kier alpha value is -4.91. The number of hydrogen-bond acceptors (Lipinski definition) is 6. The van der Waals surface area contributed by atoms with Crippen molar-refractivity contribution in [2.24, 2.45) is 4.99 Å². The molecule has 1 fully saturated rings. The number of carbonyl (C=O) groups is 1. The molecule has 13 heteroatoms. The van der Waals surface area contributed by atoms with Gasteiger partial charge in [-0.2, -0.15) is 4.99 Å². The Morgan fingerprint density at radius 2 is 1.77 bits per heavy atom. The van der Waals surface area contributed by atoms with Crippen molar-refractivity contribution in [3.63, 3.8) is 0 Å². The summed E-state index contributed by atoms with van der Waals surface area (Å²) < 4.78 is 50.3. The molecule has 6 rings (SSSR count). The number of benzene rings is 3. The zero-order chi connectivity index (χ0) is 34.0. The average Bonchev–Trinajstić information content (AvgIpc) is 3.81. The number of thiazole rings is 1. The number of rotatable bonds is 8. The second-order valence-electron chi connectivity index (χ2n) is 12.0. The Labute approximate surface area is 279 Å². The molecule has 0 radical (unpaired) electrons. The number of nitrogens with one attached hydrogen (secondary N) is 1. The number of aryl methyl sites for hydroxylation is 1. The molecule has 1 saturated carbocycles. The predicted molar refractivity (Wildman–Crippen MR) is 177 cm³/mol. The number of amides is 2. The van der Waals surface area contributed by atoms with Crippen molar-refractivity contribution in [3.05, 3.63) is 100 Å². The van der Waals surface area contributed by atoms with Gasteiger partial charge in [-0.1, -0.05) is 38.1 Å². The Kier molecular flexibility index (Phi) is 9.40. The van der Waals surface area contributed by atoms with E-state index in [4.69, 9.17) is 4.74 Å². The molecule has 2 aromatic heterocycles. The summed E-state index contributed by atoms with van der Waals surface area (Å²) in [6, 6.07) is 19.1. The number of nitrogens with zero attached hydrogens (tertiary/aromatic N) is 5. The molecular formula is C35H35F3N6O3S. The number of urea groups is 1. The smallest absolute Gasteiger partial charge is 0.497 e. The average molecular weight is 677 g/mol. The Morgan fingerprint density at radius 3 is 2.46 bits per heavy atom. The standard InChI is InChI=1S/C35H35F3N6O3S/c1-21(2)30-18-29(46-4)15-16-31(30)44-22(3)19-48-34(44)41-33(45)40-26-10-9-25(17-26)23-5-7-24(8-6-23)32-39-20-43(42-32)27-11-13-28(14-12-27)47-35(36,37)38/h5-8,11-16,18-21,25-26H,9-10,17H2,1-4H3,(H,40,45)/b41-34-. The third-order valence-corrected chi connectivity index (χ3v) is 9.34. The zero-order valence-electron chi connectivity index (χ0n) is 26.9. The lowest BCUT2D eigenvalue weighted by molar-refractivity contribution is -0.274. The van der Waals surface area contributed by atoms with Crippen LogP contribution < -0.4 is 19.6 Å². The molecule has 1 N–H and O–H groups in total. The lowest BCUT2D eigenvalue weighted by Gasteiger charge is -2.16. The summed E-state index contributed by atoms with van der Waals surface area (Å²) in [6.07, 6.45) is -0.640. The summed E-state index contributed by atoms with van der Waals surface area (Å²) >= 11 is 1.44. The largest absolute Gasteiger partial charge is 0.573 e. The summed E-state index contributed by atoms with van der Waals surface area (Å²) in [5, 5.41) is 9.61. The van der Waals surface area contributed by atoms with Gasteiger partial charge in [0.1, 0.15) is 17.8 Å². The van der Waals surface area contributed by atoms with Crippen LogP contribution in [-0.4, -0.2) is 44.9 Å². The number of hydrogen-bond donors (Lipinski definition) is 1. The second kappa shape index (κ2) is 13.7. The number of alkyl halides is 3. The molecular weight excluding hydrogens is 641 g/mol. The Morgan fingerprint density at radius 1 is 1.04 bits per heavy atom. The molecule has 1 aliphatic carbocycles. The van der Waals surface area contributed by atoms with Crippen LogP contribution in [0.2, 0.25) is 0 Å². The first kappa shape index (κ1) is 33.0. The summed E-state index contributed by atoms with van der Waals surface area (Å²) in [5.74, 6) is 1.51. The quantitative estimate of drug-likeness (QED) is 0.179. The van der Waals surface area contributed by atoms with E-state index >= 15 is 0 Å². The predicted octanol–water partition coefficient (Wildman–Crippen LogP) is 8.07. The Bertz CT molecular complexity index is 1960. The minimum absolute atomic E-state index is 0.0120. The fourth-order valence-corrected chi connectivity index (χ4v) is 6.89. The topological polar surface area (TPSA) is 95.6 Å². The van der Waals surface area contributed by atoms with E-state index in [9.17, 15) is 18.0 Å². The normalized spacial score (nSPS) is 16.8. The van der Waals surface area contributed by atoms with Crippen LogP contribution in [0.4, 0.5) is 18.0 Å². The fraction of sp³-hybridized carbons (Fsp3) is 0.314. The highest BCUT2D eigenvalue weighted by molar-refractivity contribution is 7.07. The van der Waals surface area contributed by atoms with E-state index in [1.165, 1.54) is 52.2 Å². The van der Waals surface area contributed by atoms with Gasteiger partial charge in [0.05, 0.1) is 18.5 Å². The summed E-state index contributed by atoms with van der Waals surface area (Å²) in [4.78, 5) is 22.6.